The van der Waals surface area contributed by atoms with Gasteiger partial charge < -0.3 is 9.55 Å². The van der Waals surface area contributed by atoms with Crippen LogP contribution >= 0.6 is 0 Å². The smallest absolute Gasteiger partial charge is 0.159 e. The second-order valence-corrected chi connectivity index (χ2v) is 16.3. The van der Waals surface area contributed by atoms with Gasteiger partial charge in [-0.15, -0.1) is 0 Å². The number of aromatic amines is 1. The third kappa shape index (κ3) is 4.26. The Morgan fingerprint density at radius 1 is 0.566 bits per heavy atom. The highest BCUT2D eigenvalue weighted by molar-refractivity contribution is 6.07. The normalized spacial score (nSPS) is 22.1. The van der Waals surface area contributed by atoms with Crippen molar-refractivity contribution in [3.05, 3.63) is 129 Å². The number of nitrogens with one attached hydrogen (secondary N) is 1. The van der Waals surface area contributed by atoms with Crippen LogP contribution in [0.5, 0.6) is 0 Å². The third-order valence-corrected chi connectivity index (χ3v) is 12.7. The Kier molecular flexibility index (Phi) is 6.26. The highest BCUT2D eigenvalue weighted by atomic mass is 15.1. The molecular weight excluding hydrogens is 649 g/mol. The van der Waals surface area contributed by atoms with Crippen molar-refractivity contribution in [3.8, 4) is 22.3 Å². The molecule has 4 aromatic rings. The zero-order valence-corrected chi connectivity index (χ0v) is 31.4. The van der Waals surface area contributed by atoms with Gasteiger partial charge in [0.05, 0.1) is 17.1 Å². The lowest BCUT2D eigenvalue weighted by atomic mass is 9.84. The molecule has 7 aliphatic rings. The van der Waals surface area contributed by atoms with E-state index in [1.807, 2.05) is 0 Å². The first kappa shape index (κ1) is 31.0. The van der Waals surface area contributed by atoms with Crippen LogP contribution in [0.1, 0.15) is 80.8 Å². The minimum Gasteiger partial charge on any atom is -0.340 e. The largest absolute Gasteiger partial charge is 0.340 e. The van der Waals surface area contributed by atoms with Crippen LogP contribution in [0, 0.1) is 65.2 Å². The van der Waals surface area contributed by atoms with E-state index in [4.69, 9.17) is 19.9 Å². The summed E-state index contributed by atoms with van der Waals surface area (Å²) in [5, 5.41) is 0. The summed E-state index contributed by atoms with van der Waals surface area (Å²) in [5.74, 6) is 4.04. The molecule has 0 saturated carbocycles. The topological polar surface area (TPSA) is 72.3 Å². The number of aromatic nitrogens is 6. The van der Waals surface area contributed by atoms with Crippen LogP contribution in [-0.4, -0.2) is 29.5 Å². The number of allylic oxidation sites excluding steroid dienone is 8. The molecule has 5 heterocycles. The lowest BCUT2D eigenvalue weighted by Gasteiger charge is -2.19. The second kappa shape index (κ2) is 10.7. The molecule has 11 rings (SSSR count). The summed E-state index contributed by atoms with van der Waals surface area (Å²) in [6.07, 6.45) is 16.1. The Morgan fingerprint density at radius 3 is 1.75 bits per heavy atom. The number of nitrogens with zero attached hydrogens (tertiary/aromatic N) is 5. The number of aryl methyl sites for hydroxylation is 6. The number of fused-ring (bicyclic) bond motifs is 20. The number of rotatable bonds is 2. The number of hydrogen-bond donors (Lipinski definition) is 1. The third-order valence-electron chi connectivity index (χ3n) is 12.7. The van der Waals surface area contributed by atoms with Gasteiger partial charge in [0.1, 0.15) is 17.3 Å². The average Bonchev–Trinajstić information content (AvgIpc) is 3.95. The molecule has 1 N–H and O–H groups in total. The zero-order chi connectivity index (χ0) is 36.0. The molecule has 6 heteroatoms. The fourth-order valence-corrected chi connectivity index (χ4v) is 10.8. The Labute approximate surface area is 310 Å². The molecule has 0 unspecified atom stereocenters. The second-order valence-electron chi connectivity index (χ2n) is 16.3. The van der Waals surface area contributed by atoms with Gasteiger partial charge in [-0.2, -0.15) is 0 Å². The van der Waals surface area contributed by atoms with Gasteiger partial charge in [-0.1, -0.05) is 59.7 Å². The average molecular weight is 691 g/mol. The van der Waals surface area contributed by atoms with Crippen LogP contribution in [0.2, 0.25) is 0 Å². The molecule has 2 aromatic heterocycles. The van der Waals surface area contributed by atoms with Gasteiger partial charge in [0, 0.05) is 58.5 Å². The van der Waals surface area contributed by atoms with Crippen molar-refractivity contribution >= 4 is 45.6 Å². The monoisotopic (exact) mass is 690 g/mol. The van der Waals surface area contributed by atoms with Crippen molar-refractivity contribution in [1.29, 1.82) is 0 Å². The SMILES string of the molecule is Cc1cc(C)c(-c2c3nc(nc4ccc([nH]4)c(-c4c(C)cc(C)cc4C)c4nc(n(C)c5nc2C2=C5[C@H]5C=C[C@@H]2C5)C=C4)C2=C3[C@@H]3C=C[C@H]2C3)c(C)c1. The maximum Gasteiger partial charge on any atom is 0.159 e. The van der Waals surface area contributed by atoms with E-state index in [1.165, 1.54) is 66.8 Å². The highest BCUT2D eigenvalue weighted by Gasteiger charge is 2.46. The molecule has 6 nitrogen and oxygen atoms in total. The summed E-state index contributed by atoms with van der Waals surface area (Å²) >= 11 is 0. The molecule has 3 aliphatic heterocycles. The van der Waals surface area contributed by atoms with E-state index in [9.17, 15) is 0 Å². The molecular formula is C47H42N6. The number of benzene rings is 2. The van der Waals surface area contributed by atoms with E-state index in [2.05, 4.69) is 131 Å². The minimum atomic E-state index is 0.318. The Hall–Kier alpha value is -5.62. The molecule has 0 spiro atoms. The molecule has 260 valence electrons. The summed E-state index contributed by atoms with van der Waals surface area (Å²) in [6.45, 7) is 13.3. The Morgan fingerprint density at radius 2 is 1.11 bits per heavy atom. The molecule has 12 bridgehead atoms. The molecule has 2 aromatic carbocycles. The van der Waals surface area contributed by atoms with Crippen molar-refractivity contribution in [1.82, 2.24) is 29.5 Å². The first-order valence-electron chi connectivity index (χ1n) is 19.1. The quantitative estimate of drug-likeness (QED) is 0.187. The molecule has 0 saturated heterocycles. The van der Waals surface area contributed by atoms with Crippen molar-refractivity contribution < 1.29 is 0 Å². The predicted molar refractivity (Wildman–Crippen MR) is 216 cm³/mol. The number of H-pyrrole nitrogens is 1. The molecule has 4 aliphatic carbocycles. The molecule has 0 fully saturated rings. The van der Waals surface area contributed by atoms with E-state index < -0.39 is 0 Å². The highest BCUT2D eigenvalue weighted by Crippen LogP contribution is 2.59. The van der Waals surface area contributed by atoms with Gasteiger partial charge in [0.2, 0.25) is 0 Å². The van der Waals surface area contributed by atoms with Gasteiger partial charge in [-0.25, -0.2) is 19.9 Å². The van der Waals surface area contributed by atoms with Crippen LogP contribution in [0.3, 0.4) is 0 Å². The van der Waals surface area contributed by atoms with Gasteiger partial charge in [-0.3, -0.25) is 0 Å². The maximum atomic E-state index is 5.73. The Bertz CT molecular complexity index is 2730. The summed E-state index contributed by atoms with van der Waals surface area (Å²) in [5.41, 5.74) is 22.4. The van der Waals surface area contributed by atoms with Crippen molar-refractivity contribution in [2.75, 3.05) is 0 Å². The van der Waals surface area contributed by atoms with E-state index >= 15 is 0 Å². The van der Waals surface area contributed by atoms with Crippen LogP contribution in [0.4, 0.5) is 0 Å². The van der Waals surface area contributed by atoms with E-state index in [1.54, 1.807) is 0 Å². The van der Waals surface area contributed by atoms with Crippen LogP contribution in [0.15, 0.2) is 60.7 Å². The van der Waals surface area contributed by atoms with Gasteiger partial charge in [0.25, 0.3) is 0 Å². The fraction of sp³-hybridized carbons (Fsp3) is 0.277. The van der Waals surface area contributed by atoms with Gasteiger partial charge in [-0.05, 0) is 123 Å². The Balaban J connectivity index is 1.33. The van der Waals surface area contributed by atoms with Gasteiger partial charge in [0.15, 0.2) is 5.82 Å². The lowest BCUT2D eigenvalue weighted by Crippen LogP contribution is -2.07. The van der Waals surface area contributed by atoms with E-state index in [0.717, 1.165) is 69.7 Å². The van der Waals surface area contributed by atoms with Crippen molar-refractivity contribution in [3.63, 3.8) is 0 Å². The van der Waals surface area contributed by atoms with Crippen molar-refractivity contribution in [2.45, 2.75) is 54.4 Å². The first-order chi connectivity index (χ1) is 25.6. The van der Waals surface area contributed by atoms with Crippen LogP contribution < -0.4 is 0 Å². The predicted octanol–water partition coefficient (Wildman–Crippen LogP) is 10.4. The maximum absolute atomic E-state index is 5.73. The van der Waals surface area contributed by atoms with Crippen molar-refractivity contribution in [2.24, 2.45) is 30.7 Å². The summed E-state index contributed by atoms with van der Waals surface area (Å²) in [7, 11) is 2.15. The summed E-state index contributed by atoms with van der Waals surface area (Å²) in [4.78, 5) is 25.8. The number of hydrogen-bond acceptors (Lipinski definition) is 4. The standard InChI is InChI=1S/C47H42N6/c1-22-16-24(3)36(25(4)17-22)42-32-12-14-34(48-32)50-46-40-30-10-8-28(20-30)38(40)44(51-46)43(37-26(5)18-23(2)19-27(37)6)45-39-29-9-11-31(21-29)41(39)47(52-45)53(7)35-15-13-33(42)49-35/h8-19,28-31,48H,20-21H2,1-7H3/t28-,29-,30+,31+/m1/s1. The van der Waals surface area contributed by atoms with E-state index in [-0.39, 0.29) is 0 Å². The fourth-order valence-electron chi connectivity index (χ4n) is 10.8. The zero-order valence-electron chi connectivity index (χ0n) is 31.4. The molecule has 53 heavy (non-hydrogen) atoms. The molecule has 0 radical (unpaired) electrons. The lowest BCUT2D eigenvalue weighted by molar-refractivity contribution is 0.722. The summed E-state index contributed by atoms with van der Waals surface area (Å²) in [6, 6.07) is 13.4. The van der Waals surface area contributed by atoms with Crippen LogP contribution in [0.25, 0.3) is 67.9 Å². The van der Waals surface area contributed by atoms with E-state index in [0.29, 0.717) is 23.7 Å². The molecule has 4 atom stereocenters. The minimum absolute atomic E-state index is 0.318. The first-order valence-corrected chi connectivity index (χ1v) is 19.1. The molecule has 0 amide bonds. The van der Waals surface area contributed by atoms with Gasteiger partial charge >= 0.3 is 0 Å². The van der Waals surface area contributed by atoms with Crippen LogP contribution in [-0.2, 0) is 7.05 Å². The summed E-state index contributed by atoms with van der Waals surface area (Å²) < 4.78 is 2.24.